The van der Waals surface area contributed by atoms with Crippen LogP contribution in [0.15, 0.2) is 0 Å². The molecule has 0 aromatic rings. The Morgan fingerprint density at radius 2 is 2.27 bits per heavy atom. The molecule has 2 N–H and O–H groups in total. The number of aldehydes is 1. The highest BCUT2D eigenvalue weighted by Gasteiger charge is 2.26. The zero-order valence-corrected chi connectivity index (χ0v) is 9.14. The van der Waals surface area contributed by atoms with Gasteiger partial charge < -0.3 is 20.1 Å². The first-order chi connectivity index (χ1) is 7.04. The average molecular weight is 214 g/mol. The van der Waals surface area contributed by atoms with Crippen molar-refractivity contribution in [2.75, 3.05) is 13.1 Å². The summed E-state index contributed by atoms with van der Waals surface area (Å²) in [5.41, 5.74) is 0. The van der Waals surface area contributed by atoms with E-state index in [2.05, 4.69) is 5.32 Å². The van der Waals surface area contributed by atoms with Gasteiger partial charge in [-0.05, 0) is 12.3 Å². The molecule has 2 atom stereocenters. The highest BCUT2D eigenvalue weighted by atomic mass is 16.3. The lowest BCUT2D eigenvalue weighted by molar-refractivity contribution is -0.110. The molecule has 0 aromatic heterocycles. The van der Waals surface area contributed by atoms with Crippen molar-refractivity contribution in [1.82, 2.24) is 10.2 Å². The zero-order valence-electron chi connectivity index (χ0n) is 9.14. The SMILES string of the molecule is CC(C)[C@@H](C=O)NC(=O)N1CC[C@H](O)C1. The van der Waals surface area contributed by atoms with Crippen LogP contribution < -0.4 is 5.32 Å². The van der Waals surface area contributed by atoms with Gasteiger partial charge in [0.15, 0.2) is 0 Å². The third-order valence-corrected chi connectivity index (χ3v) is 2.61. The molecule has 0 spiro atoms. The number of carbonyl (C=O) groups is 2. The van der Waals surface area contributed by atoms with E-state index in [4.69, 9.17) is 0 Å². The van der Waals surface area contributed by atoms with Crippen LogP contribution in [0.5, 0.6) is 0 Å². The molecule has 1 saturated heterocycles. The van der Waals surface area contributed by atoms with Crippen molar-refractivity contribution >= 4 is 12.3 Å². The number of amides is 2. The van der Waals surface area contributed by atoms with Gasteiger partial charge in [-0.2, -0.15) is 0 Å². The normalized spacial score (nSPS) is 22.9. The van der Waals surface area contributed by atoms with Crippen molar-refractivity contribution in [2.45, 2.75) is 32.4 Å². The molecule has 15 heavy (non-hydrogen) atoms. The van der Waals surface area contributed by atoms with Crippen molar-refractivity contribution in [3.8, 4) is 0 Å². The van der Waals surface area contributed by atoms with Gasteiger partial charge in [-0.1, -0.05) is 13.8 Å². The highest BCUT2D eigenvalue weighted by molar-refractivity contribution is 5.78. The molecule has 5 nitrogen and oxygen atoms in total. The summed E-state index contributed by atoms with van der Waals surface area (Å²) >= 11 is 0. The van der Waals surface area contributed by atoms with E-state index in [1.165, 1.54) is 4.90 Å². The zero-order chi connectivity index (χ0) is 11.4. The summed E-state index contributed by atoms with van der Waals surface area (Å²) in [5.74, 6) is 0.0824. The van der Waals surface area contributed by atoms with Gasteiger partial charge in [0.25, 0.3) is 0 Å². The number of hydrogen-bond acceptors (Lipinski definition) is 3. The number of rotatable bonds is 3. The molecular weight excluding hydrogens is 196 g/mol. The molecule has 1 aliphatic heterocycles. The Bertz CT molecular complexity index is 243. The number of aliphatic hydroxyl groups excluding tert-OH is 1. The maximum atomic E-state index is 11.6. The Labute approximate surface area is 89.4 Å². The number of hydrogen-bond donors (Lipinski definition) is 2. The molecule has 0 unspecified atom stereocenters. The largest absolute Gasteiger partial charge is 0.391 e. The Morgan fingerprint density at radius 1 is 1.60 bits per heavy atom. The molecule has 86 valence electrons. The molecule has 2 amide bonds. The van der Waals surface area contributed by atoms with Crippen molar-refractivity contribution in [3.63, 3.8) is 0 Å². The molecule has 1 heterocycles. The molecule has 0 saturated carbocycles. The summed E-state index contributed by atoms with van der Waals surface area (Å²) in [7, 11) is 0. The summed E-state index contributed by atoms with van der Waals surface area (Å²) in [5, 5.41) is 11.9. The quantitative estimate of drug-likeness (QED) is 0.649. The van der Waals surface area contributed by atoms with Crippen molar-refractivity contribution in [1.29, 1.82) is 0 Å². The Balaban J connectivity index is 2.44. The fourth-order valence-corrected chi connectivity index (χ4v) is 1.52. The van der Waals surface area contributed by atoms with Gasteiger partial charge in [0.05, 0.1) is 12.1 Å². The van der Waals surface area contributed by atoms with Crippen molar-refractivity contribution in [2.24, 2.45) is 5.92 Å². The standard InChI is InChI=1S/C10H18N2O3/c1-7(2)9(6-13)11-10(15)12-4-3-8(14)5-12/h6-9,14H,3-5H2,1-2H3,(H,11,15)/t8-,9+/m0/s1. The minimum atomic E-state index is -0.449. The van der Waals surface area contributed by atoms with Crippen LogP contribution in [0, 0.1) is 5.92 Å². The van der Waals surface area contributed by atoms with Crippen LogP contribution in [0.1, 0.15) is 20.3 Å². The average Bonchev–Trinajstić information content (AvgIpc) is 2.60. The monoisotopic (exact) mass is 214 g/mol. The van der Waals surface area contributed by atoms with Crippen LogP contribution >= 0.6 is 0 Å². The lowest BCUT2D eigenvalue weighted by atomic mass is 10.1. The van der Waals surface area contributed by atoms with Gasteiger partial charge in [-0.25, -0.2) is 4.79 Å². The summed E-state index contributed by atoms with van der Waals surface area (Å²) in [4.78, 5) is 23.8. The van der Waals surface area contributed by atoms with Crippen molar-refractivity contribution in [3.05, 3.63) is 0 Å². The number of carbonyl (C=O) groups excluding carboxylic acids is 2. The molecule has 5 heteroatoms. The molecule has 0 aliphatic carbocycles. The molecule has 0 aromatic carbocycles. The highest BCUT2D eigenvalue weighted by Crippen LogP contribution is 2.09. The number of aliphatic hydroxyl groups is 1. The van der Waals surface area contributed by atoms with E-state index in [1.807, 2.05) is 13.8 Å². The van der Waals surface area contributed by atoms with E-state index in [0.29, 0.717) is 19.5 Å². The fourth-order valence-electron chi connectivity index (χ4n) is 1.52. The van der Waals surface area contributed by atoms with Crippen LogP contribution in [0.4, 0.5) is 4.79 Å². The lowest BCUT2D eigenvalue weighted by Crippen LogP contribution is -2.46. The van der Waals surface area contributed by atoms with Gasteiger partial charge in [-0.15, -0.1) is 0 Å². The van der Waals surface area contributed by atoms with E-state index in [9.17, 15) is 14.7 Å². The van der Waals surface area contributed by atoms with Crippen LogP contribution in [-0.2, 0) is 4.79 Å². The molecule has 0 radical (unpaired) electrons. The maximum Gasteiger partial charge on any atom is 0.318 e. The number of nitrogens with zero attached hydrogens (tertiary/aromatic N) is 1. The summed E-state index contributed by atoms with van der Waals surface area (Å²) in [6.07, 6.45) is 0.931. The van der Waals surface area contributed by atoms with Gasteiger partial charge in [0.1, 0.15) is 6.29 Å². The van der Waals surface area contributed by atoms with Gasteiger partial charge >= 0.3 is 6.03 Å². The van der Waals surface area contributed by atoms with Crippen LogP contribution in [-0.4, -0.2) is 47.6 Å². The summed E-state index contributed by atoms with van der Waals surface area (Å²) < 4.78 is 0. The Morgan fingerprint density at radius 3 is 2.67 bits per heavy atom. The second kappa shape index (κ2) is 5.11. The minimum Gasteiger partial charge on any atom is -0.391 e. The third-order valence-electron chi connectivity index (χ3n) is 2.61. The maximum absolute atomic E-state index is 11.6. The van der Waals surface area contributed by atoms with E-state index in [1.54, 1.807) is 0 Å². The van der Waals surface area contributed by atoms with Crippen molar-refractivity contribution < 1.29 is 14.7 Å². The van der Waals surface area contributed by atoms with E-state index in [-0.39, 0.29) is 11.9 Å². The Kier molecular flexibility index (Phi) is 4.08. The van der Waals surface area contributed by atoms with E-state index in [0.717, 1.165) is 6.29 Å². The van der Waals surface area contributed by atoms with E-state index < -0.39 is 12.1 Å². The first-order valence-corrected chi connectivity index (χ1v) is 5.23. The molecular formula is C10H18N2O3. The first-order valence-electron chi connectivity index (χ1n) is 5.23. The fraction of sp³-hybridized carbons (Fsp3) is 0.800. The van der Waals surface area contributed by atoms with Crippen LogP contribution in [0.3, 0.4) is 0 Å². The predicted octanol–water partition coefficient (Wildman–Crippen LogP) is -0.0139. The summed E-state index contributed by atoms with van der Waals surface area (Å²) in [6, 6.07) is -0.715. The smallest absolute Gasteiger partial charge is 0.318 e. The van der Waals surface area contributed by atoms with Gasteiger partial charge in [0.2, 0.25) is 0 Å². The molecule has 1 rings (SSSR count). The number of β-amino-alcohol motifs (C(OH)–C–C–N with tert-alkyl or cyclic N) is 1. The molecule has 1 fully saturated rings. The molecule has 1 aliphatic rings. The number of nitrogens with one attached hydrogen (secondary N) is 1. The van der Waals surface area contributed by atoms with Crippen LogP contribution in [0.25, 0.3) is 0 Å². The second-order valence-corrected chi connectivity index (χ2v) is 4.24. The predicted molar refractivity (Wildman–Crippen MR) is 55.4 cm³/mol. The van der Waals surface area contributed by atoms with Crippen LogP contribution in [0.2, 0.25) is 0 Å². The summed E-state index contributed by atoms with van der Waals surface area (Å²) in [6.45, 7) is 4.66. The number of likely N-dealkylation sites (tertiary alicyclic amines) is 1. The third kappa shape index (κ3) is 3.20. The first kappa shape index (κ1) is 12.0. The molecule has 0 bridgehead atoms. The Hall–Kier alpha value is -1.10. The lowest BCUT2D eigenvalue weighted by Gasteiger charge is -2.21. The van der Waals surface area contributed by atoms with E-state index >= 15 is 0 Å². The topological polar surface area (TPSA) is 69.6 Å². The minimum absolute atomic E-state index is 0.0824. The number of urea groups is 1. The second-order valence-electron chi connectivity index (χ2n) is 4.24. The van der Waals surface area contributed by atoms with Gasteiger partial charge in [-0.3, -0.25) is 0 Å². The van der Waals surface area contributed by atoms with Gasteiger partial charge in [0, 0.05) is 13.1 Å².